The SMILES string of the molecule is CC(N)CCNC(=O)c1ccncc1F.Cl.Cl. The molecule has 4 nitrogen and oxygen atoms in total. The predicted octanol–water partition coefficient (Wildman–Crippen LogP) is 1.53. The number of hydrogen-bond donors (Lipinski definition) is 2. The maximum Gasteiger partial charge on any atom is 0.254 e. The summed E-state index contributed by atoms with van der Waals surface area (Å²) in [4.78, 5) is 15.0. The van der Waals surface area contributed by atoms with Crippen molar-refractivity contribution in [2.24, 2.45) is 5.73 Å². The normalized spacial score (nSPS) is 10.8. The van der Waals surface area contributed by atoms with Gasteiger partial charge in [0.15, 0.2) is 5.82 Å². The van der Waals surface area contributed by atoms with Crippen LogP contribution in [0.1, 0.15) is 23.7 Å². The van der Waals surface area contributed by atoms with Crippen LogP contribution in [0.3, 0.4) is 0 Å². The van der Waals surface area contributed by atoms with Gasteiger partial charge in [-0.25, -0.2) is 4.39 Å². The molecule has 1 aromatic heterocycles. The molecule has 0 radical (unpaired) electrons. The van der Waals surface area contributed by atoms with Gasteiger partial charge in [-0.3, -0.25) is 9.78 Å². The van der Waals surface area contributed by atoms with E-state index in [1.807, 2.05) is 6.92 Å². The van der Waals surface area contributed by atoms with Crippen LogP contribution >= 0.6 is 24.8 Å². The second-order valence-electron chi connectivity index (χ2n) is 3.38. The summed E-state index contributed by atoms with van der Waals surface area (Å²) in [5.74, 6) is -1.05. The van der Waals surface area contributed by atoms with E-state index in [4.69, 9.17) is 5.73 Å². The van der Waals surface area contributed by atoms with Crippen molar-refractivity contribution in [3.8, 4) is 0 Å². The van der Waals surface area contributed by atoms with Crippen LogP contribution in [0, 0.1) is 5.82 Å². The van der Waals surface area contributed by atoms with Crippen LogP contribution in [0.15, 0.2) is 18.5 Å². The van der Waals surface area contributed by atoms with E-state index in [0.717, 1.165) is 6.20 Å². The lowest BCUT2D eigenvalue weighted by atomic mass is 10.2. The maximum absolute atomic E-state index is 13.1. The summed E-state index contributed by atoms with van der Waals surface area (Å²) in [5, 5.41) is 2.58. The third kappa shape index (κ3) is 6.41. The molecule has 1 rings (SSSR count). The predicted molar refractivity (Wildman–Crippen MR) is 69.3 cm³/mol. The Balaban J connectivity index is 0. The highest BCUT2D eigenvalue weighted by Crippen LogP contribution is 2.03. The number of carbonyl (C=O) groups is 1. The third-order valence-electron chi connectivity index (χ3n) is 1.90. The Bertz CT molecular complexity index is 350. The number of nitrogens with zero attached hydrogens (tertiary/aromatic N) is 1. The van der Waals surface area contributed by atoms with E-state index in [1.54, 1.807) is 0 Å². The van der Waals surface area contributed by atoms with Gasteiger partial charge in [0.1, 0.15) is 0 Å². The molecule has 1 unspecified atom stereocenters. The van der Waals surface area contributed by atoms with Crippen molar-refractivity contribution in [1.82, 2.24) is 10.3 Å². The highest BCUT2D eigenvalue weighted by atomic mass is 35.5. The van der Waals surface area contributed by atoms with E-state index in [1.165, 1.54) is 12.3 Å². The number of nitrogens with two attached hydrogens (primary N) is 1. The van der Waals surface area contributed by atoms with Crippen molar-refractivity contribution in [1.29, 1.82) is 0 Å². The lowest BCUT2D eigenvalue weighted by Gasteiger charge is -2.07. The molecule has 0 saturated carbocycles. The largest absolute Gasteiger partial charge is 0.352 e. The van der Waals surface area contributed by atoms with Gasteiger partial charge >= 0.3 is 0 Å². The van der Waals surface area contributed by atoms with Crippen LogP contribution in [0.2, 0.25) is 0 Å². The van der Waals surface area contributed by atoms with E-state index < -0.39 is 11.7 Å². The summed E-state index contributed by atoms with van der Waals surface area (Å²) in [6.07, 6.45) is 3.06. The first kappa shape index (κ1) is 18.5. The summed E-state index contributed by atoms with van der Waals surface area (Å²) in [6, 6.07) is 1.36. The number of halogens is 3. The molecule has 0 aliphatic carbocycles. The number of aromatic nitrogens is 1. The molecule has 7 heteroatoms. The first-order valence-electron chi connectivity index (χ1n) is 4.74. The summed E-state index contributed by atoms with van der Waals surface area (Å²) >= 11 is 0. The summed E-state index contributed by atoms with van der Waals surface area (Å²) in [5.41, 5.74) is 5.52. The molecule has 98 valence electrons. The molecule has 0 aliphatic heterocycles. The lowest BCUT2D eigenvalue weighted by Crippen LogP contribution is -2.29. The molecule has 17 heavy (non-hydrogen) atoms. The number of carbonyl (C=O) groups excluding carboxylic acids is 1. The summed E-state index contributed by atoms with van der Waals surface area (Å²) in [7, 11) is 0. The Hall–Kier alpha value is -0.910. The molecule has 0 spiro atoms. The zero-order valence-corrected chi connectivity index (χ0v) is 11.0. The van der Waals surface area contributed by atoms with Gasteiger partial charge in [-0.2, -0.15) is 0 Å². The minimum atomic E-state index is -0.615. The highest BCUT2D eigenvalue weighted by Gasteiger charge is 2.10. The monoisotopic (exact) mass is 283 g/mol. The van der Waals surface area contributed by atoms with Gasteiger partial charge in [-0.15, -0.1) is 24.8 Å². The topological polar surface area (TPSA) is 68.0 Å². The fraction of sp³-hybridized carbons (Fsp3) is 0.400. The molecular weight excluding hydrogens is 268 g/mol. The van der Waals surface area contributed by atoms with E-state index >= 15 is 0 Å². The fourth-order valence-corrected chi connectivity index (χ4v) is 1.07. The van der Waals surface area contributed by atoms with E-state index in [2.05, 4.69) is 10.3 Å². The Morgan fingerprint density at radius 2 is 2.24 bits per heavy atom. The average molecular weight is 284 g/mol. The number of rotatable bonds is 4. The second kappa shape index (κ2) is 9.15. The minimum absolute atomic E-state index is 0. The number of pyridine rings is 1. The van der Waals surface area contributed by atoms with Gasteiger partial charge in [0.05, 0.1) is 11.8 Å². The van der Waals surface area contributed by atoms with Gasteiger partial charge in [0.25, 0.3) is 5.91 Å². The molecule has 0 aromatic carbocycles. The van der Waals surface area contributed by atoms with Crippen LogP contribution in [0.4, 0.5) is 4.39 Å². The molecule has 0 aliphatic rings. The van der Waals surface area contributed by atoms with Gasteiger partial charge in [-0.05, 0) is 19.4 Å². The molecule has 1 atom stereocenters. The first-order valence-corrected chi connectivity index (χ1v) is 4.74. The van der Waals surface area contributed by atoms with Crippen LogP contribution in [0.25, 0.3) is 0 Å². The zero-order chi connectivity index (χ0) is 11.3. The second-order valence-corrected chi connectivity index (χ2v) is 3.38. The zero-order valence-electron chi connectivity index (χ0n) is 9.35. The van der Waals surface area contributed by atoms with Crippen molar-refractivity contribution in [3.05, 3.63) is 29.8 Å². The van der Waals surface area contributed by atoms with Crippen molar-refractivity contribution in [2.45, 2.75) is 19.4 Å². The van der Waals surface area contributed by atoms with Gasteiger partial charge in [0.2, 0.25) is 0 Å². The molecule has 1 aromatic rings. The number of nitrogens with one attached hydrogen (secondary N) is 1. The molecule has 0 bridgehead atoms. The maximum atomic E-state index is 13.1. The molecule has 0 fully saturated rings. The van der Waals surface area contributed by atoms with Crippen LogP contribution < -0.4 is 11.1 Å². The fourth-order valence-electron chi connectivity index (χ4n) is 1.07. The van der Waals surface area contributed by atoms with Crippen molar-refractivity contribution in [2.75, 3.05) is 6.54 Å². The highest BCUT2D eigenvalue weighted by molar-refractivity contribution is 5.94. The molecule has 1 heterocycles. The molecule has 3 N–H and O–H groups in total. The molecule has 1 amide bonds. The Morgan fingerprint density at radius 1 is 1.59 bits per heavy atom. The Morgan fingerprint density at radius 3 is 2.76 bits per heavy atom. The van der Waals surface area contributed by atoms with Crippen molar-refractivity contribution in [3.63, 3.8) is 0 Å². The summed E-state index contributed by atoms with van der Waals surface area (Å²) in [6.45, 7) is 2.29. The van der Waals surface area contributed by atoms with E-state index in [9.17, 15) is 9.18 Å². The van der Waals surface area contributed by atoms with Gasteiger partial charge in [0, 0.05) is 18.8 Å². The number of amides is 1. The number of hydrogen-bond acceptors (Lipinski definition) is 3. The van der Waals surface area contributed by atoms with Crippen molar-refractivity contribution >= 4 is 30.7 Å². The average Bonchev–Trinajstić information content (AvgIpc) is 2.17. The lowest BCUT2D eigenvalue weighted by molar-refractivity contribution is 0.0948. The van der Waals surface area contributed by atoms with Crippen LogP contribution in [-0.2, 0) is 0 Å². The Labute approximate surface area is 112 Å². The smallest absolute Gasteiger partial charge is 0.254 e. The van der Waals surface area contributed by atoms with Crippen LogP contribution in [-0.4, -0.2) is 23.5 Å². The van der Waals surface area contributed by atoms with Gasteiger partial charge in [-0.1, -0.05) is 0 Å². The Kier molecular flexibility index (Phi) is 9.94. The van der Waals surface area contributed by atoms with Crippen molar-refractivity contribution < 1.29 is 9.18 Å². The van der Waals surface area contributed by atoms with E-state index in [-0.39, 0.29) is 36.4 Å². The quantitative estimate of drug-likeness (QED) is 0.881. The first-order chi connectivity index (χ1) is 7.11. The third-order valence-corrected chi connectivity index (χ3v) is 1.90. The van der Waals surface area contributed by atoms with E-state index in [0.29, 0.717) is 13.0 Å². The van der Waals surface area contributed by atoms with Gasteiger partial charge < -0.3 is 11.1 Å². The molecule has 0 saturated heterocycles. The minimum Gasteiger partial charge on any atom is -0.352 e. The standard InChI is InChI=1S/C10H14FN3O.2ClH/c1-7(12)2-5-14-10(15)8-3-4-13-6-9(8)11;;/h3-4,6-7H,2,5,12H2,1H3,(H,14,15);2*1H. The summed E-state index contributed by atoms with van der Waals surface area (Å²) < 4.78 is 13.1. The molecular formula is C10H16Cl2FN3O. The van der Waals surface area contributed by atoms with Crippen LogP contribution in [0.5, 0.6) is 0 Å².